The van der Waals surface area contributed by atoms with Crippen LogP contribution < -0.4 is 15.8 Å². The molecule has 142 valence electrons. The van der Waals surface area contributed by atoms with Crippen LogP contribution in [0.5, 0.6) is 5.75 Å². The zero-order chi connectivity index (χ0) is 19.4. The molecule has 2 aromatic rings. The van der Waals surface area contributed by atoms with Gasteiger partial charge in [0.1, 0.15) is 11.6 Å². The highest BCUT2D eigenvalue weighted by Gasteiger charge is 2.19. The normalized spacial score (nSPS) is 14.3. The molecule has 0 radical (unpaired) electrons. The standard InChI is InChI=1S/C22H27N3OS/c1-14-4-6-17(7-5-14)21(23)25-22(27)26-20-13-15(2)18(12-16(20)3)10-11-24-19-8-9-19/h4-7,12-13,19,24H,8-11H2,1-3H3,(H2,23,25,27). The molecule has 1 aliphatic rings. The summed E-state index contributed by atoms with van der Waals surface area (Å²) in [7, 11) is 0. The summed E-state index contributed by atoms with van der Waals surface area (Å²) in [5.74, 6) is 1.09. The van der Waals surface area contributed by atoms with Crippen LogP contribution in [-0.4, -0.2) is 23.6 Å². The van der Waals surface area contributed by atoms with Crippen LogP contribution in [-0.2, 0) is 6.42 Å². The number of thiocarbonyl (C=S) groups is 1. The minimum atomic E-state index is 0.124. The monoisotopic (exact) mass is 381 g/mol. The van der Waals surface area contributed by atoms with Gasteiger partial charge in [0.25, 0.3) is 5.17 Å². The summed E-state index contributed by atoms with van der Waals surface area (Å²) in [5.41, 5.74) is 11.6. The largest absolute Gasteiger partial charge is 0.430 e. The second kappa shape index (κ2) is 8.63. The van der Waals surface area contributed by atoms with Gasteiger partial charge >= 0.3 is 0 Å². The van der Waals surface area contributed by atoms with Gasteiger partial charge in [0.15, 0.2) is 0 Å². The Balaban J connectivity index is 1.65. The maximum Gasteiger partial charge on any atom is 0.290 e. The topological polar surface area (TPSA) is 59.6 Å². The first-order chi connectivity index (χ1) is 12.9. The van der Waals surface area contributed by atoms with E-state index in [-0.39, 0.29) is 5.17 Å². The van der Waals surface area contributed by atoms with Gasteiger partial charge in [0.05, 0.1) is 0 Å². The van der Waals surface area contributed by atoms with Crippen molar-refractivity contribution in [3.63, 3.8) is 0 Å². The van der Waals surface area contributed by atoms with Crippen LogP contribution in [0.3, 0.4) is 0 Å². The molecule has 1 fully saturated rings. The number of benzene rings is 2. The maximum absolute atomic E-state index is 6.05. The first-order valence-electron chi connectivity index (χ1n) is 9.39. The second-order valence-corrected chi connectivity index (χ2v) is 7.60. The highest BCUT2D eigenvalue weighted by molar-refractivity contribution is 7.80. The molecule has 0 heterocycles. The van der Waals surface area contributed by atoms with Gasteiger partial charge in [-0.25, -0.2) is 0 Å². The average Bonchev–Trinajstić information content (AvgIpc) is 3.43. The van der Waals surface area contributed by atoms with Gasteiger partial charge < -0.3 is 15.8 Å². The number of hydrogen-bond donors (Lipinski definition) is 2. The fraction of sp³-hybridized carbons (Fsp3) is 0.364. The zero-order valence-corrected chi connectivity index (χ0v) is 17.0. The third-order valence-corrected chi connectivity index (χ3v) is 4.97. The van der Waals surface area contributed by atoms with Crippen molar-refractivity contribution in [3.8, 4) is 5.75 Å². The molecule has 5 heteroatoms. The smallest absolute Gasteiger partial charge is 0.290 e. The molecule has 0 amide bonds. The van der Waals surface area contributed by atoms with Crippen LogP contribution in [0.1, 0.15) is 40.7 Å². The van der Waals surface area contributed by atoms with Gasteiger partial charge in [0, 0.05) is 11.6 Å². The Hall–Kier alpha value is -2.24. The van der Waals surface area contributed by atoms with Crippen molar-refractivity contribution in [2.75, 3.05) is 6.54 Å². The van der Waals surface area contributed by atoms with Crippen LogP contribution >= 0.6 is 12.2 Å². The van der Waals surface area contributed by atoms with Crippen LogP contribution in [0, 0.1) is 20.8 Å². The number of nitrogens with two attached hydrogens (primary N) is 1. The van der Waals surface area contributed by atoms with Gasteiger partial charge in [-0.15, -0.1) is 0 Å². The Kier molecular flexibility index (Phi) is 6.24. The van der Waals surface area contributed by atoms with E-state index in [1.54, 1.807) is 0 Å². The number of nitrogens with zero attached hydrogens (tertiary/aromatic N) is 1. The molecule has 3 N–H and O–H groups in total. The van der Waals surface area contributed by atoms with Crippen molar-refractivity contribution in [1.29, 1.82) is 0 Å². The molecule has 0 spiro atoms. The van der Waals surface area contributed by atoms with Crippen LogP contribution in [0.4, 0.5) is 0 Å². The van der Waals surface area contributed by atoms with E-state index in [4.69, 9.17) is 22.7 Å². The van der Waals surface area contributed by atoms with Gasteiger partial charge in [-0.2, -0.15) is 4.99 Å². The minimum absolute atomic E-state index is 0.124. The molecule has 0 atom stereocenters. The highest BCUT2D eigenvalue weighted by Crippen LogP contribution is 2.24. The van der Waals surface area contributed by atoms with Crippen LogP contribution in [0.15, 0.2) is 41.4 Å². The fourth-order valence-electron chi connectivity index (χ4n) is 2.93. The van der Waals surface area contributed by atoms with E-state index in [9.17, 15) is 0 Å². The van der Waals surface area contributed by atoms with Gasteiger partial charge in [-0.3, -0.25) is 0 Å². The van der Waals surface area contributed by atoms with Crippen molar-refractivity contribution in [2.45, 2.75) is 46.1 Å². The van der Waals surface area contributed by atoms with Gasteiger partial charge in [-0.1, -0.05) is 35.9 Å². The van der Waals surface area contributed by atoms with E-state index in [1.807, 2.05) is 44.2 Å². The quantitative estimate of drug-likeness (QED) is 0.451. The molecular weight excluding hydrogens is 354 g/mol. The number of amidine groups is 1. The Morgan fingerprint density at radius 3 is 2.52 bits per heavy atom. The zero-order valence-electron chi connectivity index (χ0n) is 16.2. The van der Waals surface area contributed by atoms with E-state index < -0.39 is 0 Å². The number of nitrogens with one attached hydrogen (secondary N) is 1. The van der Waals surface area contributed by atoms with E-state index in [0.717, 1.165) is 35.9 Å². The highest BCUT2D eigenvalue weighted by atomic mass is 32.1. The van der Waals surface area contributed by atoms with Crippen molar-refractivity contribution in [3.05, 3.63) is 64.2 Å². The van der Waals surface area contributed by atoms with E-state index in [1.165, 1.54) is 29.5 Å². The molecular formula is C22H27N3OS. The van der Waals surface area contributed by atoms with Crippen molar-refractivity contribution >= 4 is 23.2 Å². The SMILES string of the molecule is Cc1ccc(C(N)=NC(=S)Oc2cc(C)c(CCNC3CC3)cc2C)cc1. The predicted octanol–water partition coefficient (Wildman–Crippen LogP) is 3.98. The summed E-state index contributed by atoms with van der Waals surface area (Å²) in [6.07, 6.45) is 3.65. The Labute approximate surface area is 166 Å². The second-order valence-electron chi connectivity index (χ2n) is 7.25. The summed E-state index contributed by atoms with van der Waals surface area (Å²) in [6, 6.07) is 12.8. The molecule has 4 nitrogen and oxygen atoms in total. The summed E-state index contributed by atoms with van der Waals surface area (Å²) in [6.45, 7) is 7.18. The fourth-order valence-corrected chi connectivity index (χ4v) is 3.12. The third-order valence-electron chi connectivity index (χ3n) is 4.79. The Bertz CT molecular complexity index is 855. The molecule has 1 saturated carbocycles. The van der Waals surface area contributed by atoms with E-state index >= 15 is 0 Å². The number of aliphatic imine (C=N–C) groups is 1. The summed E-state index contributed by atoms with van der Waals surface area (Å²) in [4.78, 5) is 4.23. The Morgan fingerprint density at radius 1 is 1.15 bits per heavy atom. The lowest BCUT2D eigenvalue weighted by Gasteiger charge is -2.13. The third kappa shape index (κ3) is 5.62. The average molecular weight is 382 g/mol. The molecule has 3 rings (SSSR count). The van der Waals surface area contributed by atoms with Crippen molar-refractivity contribution in [1.82, 2.24) is 5.32 Å². The Morgan fingerprint density at radius 2 is 1.85 bits per heavy atom. The lowest BCUT2D eigenvalue weighted by Crippen LogP contribution is -2.19. The maximum atomic E-state index is 6.05. The van der Waals surface area contributed by atoms with Crippen molar-refractivity contribution < 1.29 is 4.74 Å². The molecule has 0 aliphatic heterocycles. The number of hydrogen-bond acceptors (Lipinski definition) is 3. The summed E-state index contributed by atoms with van der Waals surface area (Å²) in [5, 5.41) is 3.68. The van der Waals surface area contributed by atoms with E-state index in [2.05, 4.69) is 23.3 Å². The number of ether oxygens (including phenoxy) is 1. The number of aryl methyl sites for hydroxylation is 3. The van der Waals surface area contributed by atoms with Crippen LogP contribution in [0.2, 0.25) is 0 Å². The lowest BCUT2D eigenvalue weighted by molar-refractivity contribution is 0.551. The predicted molar refractivity (Wildman–Crippen MR) is 116 cm³/mol. The first kappa shape index (κ1) is 19.5. The molecule has 0 aromatic heterocycles. The number of rotatable bonds is 6. The lowest BCUT2D eigenvalue weighted by atomic mass is 10.0. The molecule has 0 saturated heterocycles. The summed E-state index contributed by atoms with van der Waals surface area (Å²) < 4.78 is 5.80. The molecule has 0 unspecified atom stereocenters. The minimum Gasteiger partial charge on any atom is -0.430 e. The van der Waals surface area contributed by atoms with Crippen LogP contribution in [0.25, 0.3) is 0 Å². The summed E-state index contributed by atoms with van der Waals surface area (Å²) >= 11 is 5.28. The van der Waals surface area contributed by atoms with Crippen molar-refractivity contribution in [2.24, 2.45) is 10.7 Å². The first-order valence-corrected chi connectivity index (χ1v) is 9.79. The molecule has 1 aliphatic carbocycles. The van der Waals surface area contributed by atoms with Gasteiger partial charge in [-0.05, 0) is 81.6 Å². The van der Waals surface area contributed by atoms with E-state index in [0.29, 0.717) is 5.84 Å². The molecule has 27 heavy (non-hydrogen) atoms. The van der Waals surface area contributed by atoms with Gasteiger partial charge in [0.2, 0.25) is 0 Å². The molecule has 2 aromatic carbocycles. The molecule has 0 bridgehead atoms.